The van der Waals surface area contributed by atoms with Gasteiger partial charge < -0.3 is 14.5 Å². The average Bonchev–Trinajstić information content (AvgIpc) is 3.01. The van der Waals surface area contributed by atoms with Crippen molar-refractivity contribution in [1.82, 2.24) is 9.80 Å². The quantitative estimate of drug-likeness (QED) is 0.463. The maximum Gasteiger partial charge on any atom is 0.308 e. The Bertz CT molecular complexity index is 812. The van der Waals surface area contributed by atoms with Crippen molar-refractivity contribution in [1.29, 1.82) is 0 Å². The van der Waals surface area contributed by atoms with Gasteiger partial charge in [-0.25, -0.2) is 0 Å². The molecular formula is C23H31N3O5. The summed E-state index contributed by atoms with van der Waals surface area (Å²) in [6.07, 6.45) is 3.32. The molecule has 8 heteroatoms. The van der Waals surface area contributed by atoms with E-state index in [0.29, 0.717) is 6.54 Å². The lowest BCUT2D eigenvalue weighted by Gasteiger charge is -2.19. The van der Waals surface area contributed by atoms with E-state index in [4.69, 9.17) is 4.74 Å². The zero-order valence-corrected chi connectivity index (χ0v) is 18.5. The molecule has 2 fully saturated rings. The highest BCUT2D eigenvalue weighted by molar-refractivity contribution is 6.05. The molecule has 1 aliphatic heterocycles. The Kier molecular flexibility index (Phi) is 7.30. The van der Waals surface area contributed by atoms with Crippen molar-refractivity contribution in [2.75, 3.05) is 39.2 Å². The first-order valence-corrected chi connectivity index (χ1v) is 10.8. The lowest BCUT2D eigenvalue weighted by Crippen LogP contribution is -2.34. The van der Waals surface area contributed by atoms with Crippen LogP contribution in [0.15, 0.2) is 24.3 Å². The number of ether oxygens (including phenoxy) is 1. The molecule has 0 N–H and O–H groups in total. The van der Waals surface area contributed by atoms with Gasteiger partial charge in [0.1, 0.15) is 0 Å². The van der Waals surface area contributed by atoms with Gasteiger partial charge in [-0.15, -0.1) is 0 Å². The van der Waals surface area contributed by atoms with E-state index in [1.54, 1.807) is 7.05 Å². The Labute approximate surface area is 183 Å². The minimum absolute atomic E-state index is 0.0196. The Hall–Kier alpha value is -2.90. The lowest BCUT2D eigenvalue weighted by atomic mass is 9.81. The van der Waals surface area contributed by atoms with Crippen LogP contribution in [0.4, 0.5) is 5.69 Å². The van der Waals surface area contributed by atoms with Crippen LogP contribution >= 0.6 is 0 Å². The van der Waals surface area contributed by atoms with Crippen molar-refractivity contribution >= 4 is 29.4 Å². The molecule has 1 aromatic rings. The summed E-state index contributed by atoms with van der Waals surface area (Å²) >= 11 is 0. The number of rotatable bonds is 8. The Balaban J connectivity index is 1.41. The van der Waals surface area contributed by atoms with Gasteiger partial charge in [-0.3, -0.25) is 24.1 Å². The predicted octanol–water partition coefficient (Wildman–Crippen LogP) is 1.82. The van der Waals surface area contributed by atoms with Gasteiger partial charge in [-0.1, -0.05) is 25.0 Å². The summed E-state index contributed by atoms with van der Waals surface area (Å²) in [5.41, 5.74) is 2.04. The smallest absolute Gasteiger partial charge is 0.308 e. The first kappa shape index (κ1) is 22.8. The van der Waals surface area contributed by atoms with Crippen molar-refractivity contribution in [2.45, 2.75) is 38.6 Å². The average molecular weight is 430 g/mol. The highest BCUT2D eigenvalue weighted by Crippen LogP contribution is 2.37. The largest absolute Gasteiger partial charge is 0.456 e. The standard InChI is InChI=1S/C23H31N3O5/c1-24(2)17-10-8-16(9-11-17)14-25(3)20(27)15-31-21(28)12-13-26-22(29)18-6-4-5-7-19(18)23(26)30/h8-11,18-19H,4-7,12-15H2,1-3H3/t18-,19-/m1/s1. The van der Waals surface area contributed by atoms with Crippen LogP contribution in [0.1, 0.15) is 37.7 Å². The zero-order valence-electron chi connectivity index (χ0n) is 18.5. The number of benzene rings is 1. The minimum atomic E-state index is -0.590. The van der Waals surface area contributed by atoms with E-state index >= 15 is 0 Å². The second-order valence-electron chi connectivity index (χ2n) is 8.55. The molecule has 1 aliphatic carbocycles. The van der Waals surface area contributed by atoms with E-state index in [1.807, 2.05) is 43.3 Å². The summed E-state index contributed by atoms with van der Waals surface area (Å²) in [6, 6.07) is 7.86. The zero-order chi connectivity index (χ0) is 22.5. The molecular weight excluding hydrogens is 398 g/mol. The summed E-state index contributed by atoms with van der Waals surface area (Å²) in [4.78, 5) is 53.9. The SMILES string of the molecule is CN(Cc1ccc(N(C)C)cc1)C(=O)COC(=O)CCN1C(=O)[C@@H]2CCCC[C@H]2C1=O. The number of fused-ring (bicyclic) bond motifs is 1. The molecule has 0 aromatic heterocycles. The number of hydrogen-bond donors (Lipinski definition) is 0. The Morgan fingerprint density at radius 2 is 1.58 bits per heavy atom. The minimum Gasteiger partial charge on any atom is -0.456 e. The summed E-state index contributed by atoms with van der Waals surface area (Å²) in [6.45, 7) is 0.0632. The molecule has 0 spiro atoms. The second-order valence-corrected chi connectivity index (χ2v) is 8.55. The van der Waals surface area contributed by atoms with Crippen LogP contribution < -0.4 is 4.90 Å². The molecule has 0 bridgehead atoms. The van der Waals surface area contributed by atoms with E-state index in [2.05, 4.69) is 0 Å². The van der Waals surface area contributed by atoms with Gasteiger partial charge in [-0.05, 0) is 30.5 Å². The van der Waals surface area contributed by atoms with Crippen LogP contribution in [0.25, 0.3) is 0 Å². The highest BCUT2D eigenvalue weighted by Gasteiger charge is 2.47. The number of carbonyl (C=O) groups excluding carboxylic acids is 4. The second kappa shape index (κ2) is 9.94. The van der Waals surface area contributed by atoms with Crippen molar-refractivity contribution in [2.24, 2.45) is 11.8 Å². The number of nitrogens with zero attached hydrogens (tertiary/aromatic N) is 3. The number of amides is 3. The topological polar surface area (TPSA) is 87.2 Å². The number of likely N-dealkylation sites (tertiary alicyclic amines) is 1. The van der Waals surface area contributed by atoms with Crippen molar-refractivity contribution in [3.63, 3.8) is 0 Å². The summed E-state index contributed by atoms with van der Waals surface area (Å²) < 4.78 is 5.08. The molecule has 0 radical (unpaired) electrons. The third kappa shape index (κ3) is 5.42. The first-order valence-electron chi connectivity index (χ1n) is 10.8. The highest BCUT2D eigenvalue weighted by atomic mass is 16.5. The van der Waals surface area contributed by atoms with Gasteiger partial charge in [0.05, 0.1) is 18.3 Å². The van der Waals surface area contributed by atoms with Crippen LogP contribution in [0, 0.1) is 11.8 Å². The van der Waals surface area contributed by atoms with Crippen LogP contribution in [0.2, 0.25) is 0 Å². The summed E-state index contributed by atoms with van der Waals surface area (Å²) in [7, 11) is 5.57. The molecule has 2 aliphatic rings. The number of anilines is 1. The fourth-order valence-corrected chi connectivity index (χ4v) is 4.24. The molecule has 31 heavy (non-hydrogen) atoms. The summed E-state index contributed by atoms with van der Waals surface area (Å²) in [5, 5.41) is 0. The number of likely N-dealkylation sites (N-methyl/N-ethyl adjacent to an activating group) is 1. The number of imide groups is 1. The van der Waals surface area contributed by atoms with Crippen LogP contribution in [0.3, 0.4) is 0 Å². The van der Waals surface area contributed by atoms with E-state index in [-0.39, 0.29) is 49.1 Å². The third-order valence-corrected chi connectivity index (χ3v) is 6.13. The van der Waals surface area contributed by atoms with E-state index in [9.17, 15) is 19.2 Å². The lowest BCUT2D eigenvalue weighted by molar-refractivity contribution is -0.152. The molecule has 2 atom stereocenters. The molecule has 3 rings (SSSR count). The van der Waals surface area contributed by atoms with Crippen LogP contribution in [-0.4, -0.2) is 67.8 Å². The maximum absolute atomic E-state index is 12.4. The van der Waals surface area contributed by atoms with Gasteiger partial charge >= 0.3 is 5.97 Å². The monoisotopic (exact) mass is 429 g/mol. The van der Waals surface area contributed by atoms with E-state index in [0.717, 1.165) is 36.9 Å². The van der Waals surface area contributed by atoms with Crippen LogP contribution in [0.5, 0.6) is 0 Å². The predicted molar refractivity (Wildman–Crippen MR) is 115 cm³/mol. The molecule has 1 aromatic carbocycles. The molecule has 1 saturated heterocycles. The maximum atomic E-state index is 12.4. The first-order chi connectivity index (χ1) is 14.8. The fraction of sp³-hybridized carbons (Fsp3) is 0.565. The van der Waals surface area contributed by atoms with Gasteiger partial charge in [0.2, 0.25) is 11.8 Å². The molecule has 0 unspecified atom stereocenters. The van der Waals surface area contributed by atoms with Gasteiger partial charge in [0.15, 0.2) is 6.61 Å². The Morgan fingerprint density at radius 3 is 2.13 bits per heavy atom. The number of esters is 1. The molecule has 1 saturated carbocycles. The van der Waals surface area contributed by atoms with Crippen molar-refractivity contribution < 1.29 is 23.9 Å². The van der Waals surface area contributed by atoms with Gasteiger partial charge in [0.25, 0.3) is 5.91 Å². The van der Waals surface area contributed by atoms with E-state index < -0.39 is 5.97 Å². The number of hydrogen-bond acceptors (Lipinski definition) is 6. The van der Waals surface area contributed by atoms with Crippen molar-refractivity contribution in [3.8, 4) is 0 Å². The summed E-state index contributed by atoms with van der Waals surface area (Å²) in [5.74, 6) is -1.69. The van der Waals surface area contributed by atoms with Gasteiger partial charge in [0, 0.05) is 39.9 Å². The molecule has 3 amide bonds. The molecule has 1 heterocycles. The van der Waals surface area contributed by atoms with Crippen molar-refractivity contribution in [3.05, 3.63) is 29.8 Å². The fourth-order valence-electron chi connectivity index (χ4n) is 4.24. The van der Waals surface area contributed by atoms with Crippen LogP contribution in [-0.2, 0) is 30.5 Å². The number of carbonyl (C=O) groups is 4. The van der Waals surface area contributed by atoms with E-state index in [1.165, 1.54) is 9.80 Å². The Morgan fingerprint density at radius 1 is 1.00 bits per heavy atom. The third-order valence-electron chi connectivity index (χ3n) is 6.13. The normalized spacial score (nSPS) is 20.4. The van der Waals surface area contributed by atoms with Gasteiger partial charge in [-0.2, -0.15) is 0 Å². The molecule has 168 valence electrons. The molecule has 8 nitrogen and oxygen atoms in total.